The number of rotatable bonds is 5. The van der Waals surface area contributed by atoms with Crippen LogP contribution in [0.15, 0.2) is 197 Å². The molecule has 0 radical (unpaired) electrons. The second-order valence-corrected chi connectivity index (χ2v) is 14.4. The van der Waals surface area contributed by atoms with E-state index in [1.54, 1.807) is 0 Å². The molecule has 0 fully saturated rings. The third kappa shape index (κ3) is 4.78. The standard InChI is InChI=1S/C51H31N3O2/c1-3-9-40-34(7-1)18-24-44-42-26-22-38(29-47(42)55-50(40)44)54(39-23-27-43-45-25-19-35-8-2-4-10-41(35)51(45)56-48(43)30-39)37-20-16-33(17-21-37)32-12-14-36(15-13-32)46-31-53-28-6-5-11-49(53)52-46/h1-31H. The molecule has 0 spiro atoms. The third-order valence-electron chi connectivity index (χ3n) is 11.2. The summed E-state index contributed by atoms with van der Waals surface area (Å²) < 4.78 is 15.4. The molecule has 4 aromatic heterocycles. The Hall–Kier alpha value is -7.63. The minimum atomic E-state index is 0.845. The molecule has 0 atom stereocenters. The average molecular weight is 718 g/mol. The van der Waals surface area contributed by atoms with Crippen molar-refractivity contribution < 1.29 is 8.83 Å². The second-order valence-electron chi connectivity index (χ2n) is 14.4. The van der Waals surface area contributed by atoms with Crippen molar-refractivity contribution in [3.05, 3.63) is 188 Å². The highest BCUT2D eigenvalue weighted by Crippen LogP contribution is 2.43. The van der Waals surface area contributed by atoms with Gasteiger partial charge in [0, 0.05) is 79.5 Å². The molecule has 0 saturated carbocycles. The Kier molecular flexibility index (Phi) is 6.56. The maximum atomic E-state index is 6.66. The van der Waals surface area contributed by atoms with Gasteiger partial charge in [0.05, 0.1) is 5.69 Å². The molecule has 0 aliphatic heterocycles. The predicted molar refractivity (Wildman–Crippen MR) is 230 cm³/mol. The quantitative estimate of drug-likeness (QED) is 0.178. The van der Waals surface area contributed by atoms with Crippen LogP contribution in [0.1, 0.15) is 0 Å². The molecule has 12 rings (SSSR count). The molecule has 56 heavy (non-hydrogen) atoms. The summed E-state index contributed by atoms with van der Waals surface area (Å²) in [6.07, 6.45) is 4.10. The normalized spacial score (nSPS) is 11.9. The van der Waals surface area contributed by atoms with Crippen molar-refractivity contribution in [2.45, 2.75) is 0 Å². The lowest BCUT2D eigenvalue weighted by Gasteiger charge is -2.25. The van der Waals surface area contributed by atoms with Crippen LogP contribution in [0.2, 0.25) is 0 Å². The van der Waals surface area contributed by atoms with Gasteiger partial charge in [0.1, 0.15) is 28.0 Å². The highest BCUT2D eigenvalue weighted by Gasteiger charge is 2.19. The number of furan rings is 2. The Morgan fingerprint density at radius 2 is 0.911 bits per heavy atom. The molecule has 0 saturated heterocycles. The van der Waals surface area contributed by atoms with Crippen molar-refractivity contribution in [2.24, 2.45) is 0 Å². The average Bonchev–Trinajstić information content (AvgIpc) is 3.97. The van der Waals surface area contributed by atoms with Gasteiger partial charge in [-0.2, -0.15) is 0 Å². The predicted octanol–water partition coefficient (Wildman–Crippen LogP) is 14.2. The molecular weight excluding hydrogens is 687 g/mol. The van der Waals surface area contributed by atoms with E-state index in [-0.39, 0.29) is 0 Å². The molecular formula is C51H31N3O2. The molecule has 0 N–H and O–H groups in total. The molecule has 5 nitrogen and oxygen atoms in total. The van der Waals surface area contributed by atoms with Crippen molar-refractivity contribution in [3.8, 4) is 22.4 Å². The molecule has 12 aromatic rings. The zero-order valence-corrected chi connectivity index (χ0v) is 30.1. The Morgan fingerprint density at radius 3 is 1.50 bits per heavy atom. The maximum Gasteiger partial charge on any atom is 0.143 e. The summed E-state index contributed by atoms with van der Waals surface area (Å²) >= 11 is 0. The summed E-state index contributed by atoms with van der Waals surface area (Å²) in [5.41, 5.74) is 11.8. The molecule has 0 amide bonds. The largest absolute Gasteiger partial charge is 0.455 e. The van der Waals surface area contributed by atoms with Gasteiger partial charge in [-0.25, -0.2) is 4.98 Å². The van der Waals surface area contributed by atoms with Crippen molar-refractivity contribution in [1.82, 2.24) is 9.38 Å². The number of imidazole rings is 1. The van der Waals surface area contributed by atoms with Gasteiger partial charge in [0.2, 0.25) is 0 Å². The zero-order valence-electron chi connectivity index (χ0n) is 30.1. The van der Waals surface area contributed by atoms with Gasteiger partial charge in [0.15, 0.2) is 0 Å². The summed E-state index contributed by atoms with van der Waals surface area (Å²) in [6, 6.07) is 62.0. The number of aromatic nitrogens is 2. The summed E-state index contributed by atoms with van der Waals surface area (Å²) in [6.45, 7) is 0. The summed E-state index contributed by atoms with van der Waals surface area (Å²) in [7, 11) is 0. The van der Waals surface area contributed by atoms with E-state index in [0.29, 0.717) is 0 Å². The fourth-order valence-electron chi connectivity index (χ4n) is 8.42. The molecule has 8 aromatic carbocycles. The molecule has 4 heterocycles. The topological polar surface area (TPSA) is 46.8 Å². The zero-order chi connectivity index (χ0) is 36.7. The highest BCUT2D eigenvalue weighted by molar-refractivity contribution is 6.17. The first-order valence-corrected chi connectivity index (χ1v) is 18.8. The molecule has 262 valence electrons. The van der Waals surface area contributed by atoms with E-state index < -0.39 is 0 Å². The first-order valence-electron chi connectivity index (χ1n) is 18.8. The first-order chi connectivity index (χ1) is 27.7. The fourth-order valence-corrected chi connectivity index (χ4v) is 8.42. The van der Waals surface area contributed by atoms with Gasteiger partial charge in [-0.05, 0) is 82.6 Å². The van der Waals surface area contributed by atoms with E-state index in [2.05, 4.69) is 173 Å². The van der Waals surface area contributed by atoms with Crippen LogP contribution < -0.4 is 4.90 Å². The Balaban J connectivity index is 0.974. The van der Waals surface area contributed by atoms with Crippen molar-refractivity contribution in [3.63, 3.8) is 0 Å². The summed E-state index contributed by atoms with van der Waals surface area (Å²) in [4.78, 5) is 7.09. The molecule has 5 heteroatoms. The number of pyridine rings is 1. The molecule has 0 aliphatic carbocycles. The van der Waals surface area contributed by atoms with Gasteiger partial charge in [0.25, 0.3) is 0 Å². The number of anilines is 3. The first kappa shape index (κ1) is 30.8. The van der Waals surface area contributed by atoms with Crippen LogP contribution in [0, 0.1) is 0 Å². The number of hydrogen-bond donors (Lipinski definition) is 0. The number of hydrogen-bond acceptors (Lipinski definition) is 4. The maximum absolute atomic E-state index is 6.66. The van der Waals surface area contributed by atoms with Crippen LogP contribution in [0.3, 0.4) is 0 Å². The van der Waals surface area contributed by atoms with Crippen LogP contribution >= 0.6 is 0 Å². The monoisotopic (exact) mass is 717 g/mol. The fraction of sp³-hybridized carbons (Fsp3) is 0. The molecule has 0 unspecified atom stereocenters. The number of benzene rings is 8. The number of nitrogens with zero attached hydrogens (tertiary/aromatic N) is 3. The molecule has 0 bridgehead atoms. The summed E-state index contributed by atoms with van der Waals surface area (Å²) in [5.74, 6) is 0. The lowest BCUT2D eigenvalue weighted by Crippen LogP contribution is -2.09. The van der Waals surface area contributed by atoms with Crippen LogP contribution in [0.4, 0.5) is 17.1 Å². The lowest BCUT2D eigenvalue weighted by molar-refractivity contribution is 0.672. The minimum Gasteiger partial charge on any atom is -0.455 e. The third-order valence-corrected chi connectivity index (χ3v) is 11.2. The minimum absolute atomic E-state index is 0.845. The smallest absolute Gasteiger partial charge is 0.143 e. The van der Waals surface area contributed by atoms with E-state index in [1.807, 2.05) is 24.4 Å². The van der Waals surface area contributed by atoms with Crippen LogP contribution in [-0.4, -0.2) is 9.38 Å². The number of fused-ring (bicyclic) bond motifs is 11. The van der Waals surface area contributed by atoms with E-state index >= 15 is 0 Å². The van der Waals surface area contributed by atoms with Crippen LogP contribution in [0.25, 0.3) is 93.5 Å². The second kappa shape index (κ2) is 11.9. The van der Waals surface area contributed by atoms with Gasteiger partial charge < -0.3 is 18.1 Å². The molecule has 0 aliphatic rings. The van der Waals surface area contributed by atoms with Crippen LogP contribution in [-0.2, 0) is 0 Å². The van der Waals surface area contributed by atoms with Crippen LogP contribution in [0.5, 0.6) is 0 Å². The highest BCUT2D eigenvalue weighted by atomic mass is 16.3. The van der Waals surface area contributed by atoms with Gasteiger partial charge in [-0.15, -0.1) is 0 Å². The van der Waals surface area contributed by atoms with E-state index in [0.717, 1.165) is 111 Å². The SMILES string of the molecule is c1ccc2c(c1)ccc1c3ccc(N(c4ccc(-c5ccc(-c6cn7ccccc7n6)cc5)cc4)c4ccc5c(c4)oc4c6ccccc6ccc54)cc3oc21. The Bertz CT molecular complexity index is 3290. The lowest BCUT2D eigenvalue weighted by atomic mass is 10.0. The Labute approximate surface area is 320 Å². The van der Waals surface area contributed by atoms with Crippen molar-refractivity contribution in [2.75, 3.05) is 4.90 Å². The van der Waals surface area contributed by atoms with Gasteiger partial charge >= 0.3 is 0 Å². The van der Waals surface area contributed by atoms with Crippen molar-refractivity contribution >= 4 is 88.1 Å². The van der Waals surface area contributed by atoms with E-state index in [9.17, 15) is 0 Å². The van der Waals surface area contributed by atoms with E-state index in [1.165, 1.54) is 0 Å². The van der Waals surface area contributed by atoms with Gasteiger partial charge in [-0.3, -0.25) is 0 Å². The van der Waals surface area contributed by atoms with Gasteiger partial charge in [-0.1, -0.05) is 103 Å². The van der Waals surface area contributed by atoms with E-state index in [4.69, 9.17) is 13.8 Å². The Morgan fingerprint density at radius 1 is 0.411 bits per heavy atom. The summed E-state index contributed by atoms with van der Waals surface area (Å²) in [5, 5.41) is 8.98. The van der Waals surface area contributed by atoms with Crippen molar-refractivity contribution in [1.29, 1.82) is 0 Å².